The molecule has 1 N–H and O–H groups in total. The van der Waals surface area contributed by atoms with Crippen LogP contribution in [0.4, 0.5) is 15.0 Å². The first-order valence-electron chi connectivity index (χ1n) is 11.7. The third-order valence-corrected chi connectivity index (χ3v) is 6.25. The molecule has 1 saturated heterocycles. The van der Waals surface area contributed by atoms with Gasteiger partial charge in [0.2, 0.25) is 0 Å². The molecule has 1 fully saturated rings. The van der Waals surface area contributed by atoms with E-state index in [1.807, 2.05) is 26.8 Å². The molecule has 2 aliphatic heterocycles. The predicted molar refractivity (Wildman–Crippen MR) is 129 cm³/mol. The van der Waals surface area contributed by atoms with Crippen LogP contribution in [0.1, 0.15) is 50.5 Å². The van der Waals surface area contributed by atoms with Gasteiger partial charge in [0, 0.05) is 36.5 Å². The van der Waals surface area contributed by atoms with Crippen molar-refractivity contribution >= 4 is 34.7 Å². The Balaban J connectivity index is 1.37. The van der Waals surface area contributed by atoms with Crippen molar-refractivity contribution in [1.82, 2.24) is 9.88 Å². The molecule has 1 amide bonds. The zero-order valence-corrected chi connectivity index (χ0v) is 19.9. The molecule has 0 radical (unpaired) electrons. The van der Waals surface area contributed by atoms with Crippen LogP contribution in [-0.2, 0) is 11.2 Å². The highest BCUT2D eigenvalue weighted by Gasteiger charge is 2.29. The van der Waals surface area contributed by atoms with Crippen LogP contribution in [0, 0.1) is 11.7 Å². The molecule has 1 aromatic carbocycles. The van der Waals surface area contributed by atoms with E-state index in [2.05, 4.69) is 15.2 Å². The lowest BCUT2D eigenvalue weighted by Gasteiger charge is -2.33. The number of hydrogen-bond acceptors (Lipinski definition) is 7. The van der Waals surface area contributed by atoms with E-state index in [9.17, 15) is 14.3 Å². The van der Waals surface area contributed by atoms with Crippen LogP contribution in [0.3, 0.4) is 0 Å². The number of piperidine rings is 1. The quantitative estimate of drug-likeness (QED) is 0.466. The number of carbonyl (C=O) groups excluding carboxylic acids is 1. The highest BCUT2D eigenvalue weighted by Crippen LogP contribution is 2.41. The van der Waals surface area contributed by atoms with Crippen molar-refractivity contribution in [1.29, 1.82) is 0 Å². The lowest BCUT2D eigenvalue weighted by Crippen LogP contribution is -2.42. The van der Waals surface area contributed by atoms with Gasteiger partial charge in [-0.05, 0) is 70.2 Å². The van der Waals surface area contributed by atoms with Gasteiger partial charge in [0.15, 0.2) is 17.3 Å². The number of hydrogen-bond donors (Lipinski definition) is 1. The molecule has 0 saturated carbocycles. The summed E-state index contributed by atoms with van der Waals surface area (Å²) in [7, 11) is 0. The third kappa shape index (κ3) is 4.62. The van der Waals surface area contributed by atoms with Gasteiger partial charge in [-0.15, -0.1) is 10.2 Å². The Morgan fingerprint density at radius 3 is 2.77 bits per heavy atom. The minimum absolute atomic E-state index is 0.0685. The number of likely N-dealkylation sites (tertiary alicyclic amines) is 1. The smallest absolute Gasteiger partial charge is 0.410 e. The van der Waals surface area contributed by atoms with E-state index in [1.165, 1.54) is 12.1 Å². The summed E-state index contributed by atoms with van der Waals surface area (Å²) in [4.78, 5) is 18.2. The van der Waals surface area contributed by atoms with Crippen molar-refractivity contribution < 1.29 is 23.4 Å². The number of furan rings is 1. The number of amides is 1. The monoisotopic (exact) mass is 478 g/mol. The minimum Gasteiger partial charge on any atom is -0.504 e. The van der Waals surface area contributed by atoms with Gasteiger partial charge in [-0.1, -0.05) is 0 Å². The first-order valence-corrected chi connectivity index (χ1v) is 11.7. The Hall–Kier alpha value is -3.75. The minimum atomic E-state index is -0.542. The molecule has 0 atom stereocenters. The van der Waals surface area contributed by atoms with Crippen molar-refractivity contribution in [2.24, 2.45) is 16.1 Å². The number of halogens is 1. The molecule has 8 nitrogen and oxygen atoms in total. The second-order valence-corrected chi connectivity index (χ2v) is 9.94. The van der Waals surface area contributed by atoms with Crippen molar-refractivity contribution in [3.8, 4) is 5.75 Å². The van der Waals surface area contributed by atoms with E-state index in [0.717, 1.165) is 18.4 Å². The standard InChI is InChI=1S/C26H27FN4O4/c1-26(2,3)35-25(33)31-11-8-15(9-12-31)13-18-19(27)7-6-17-22(32)21(34-23(17)18)14-20-16-5-4-10-28-24(16)30-29-20/h4-7,10,14-15,32H,8-9,11-13H2,1-3H3. The Labute approximate surface area is 202 Å². The van der Waals surface area contributed by atoms with Gasteiger partial charge >= 0.3 is 6.09 Å². The van der Waals surface area contributed by atoms with E-state index in [1.54, 1.807) is 23.2 Å². The summed E-state index contributed by atoms with van der Waals surface area (Å²) in [6.07, 6.45) is 4.80. The maximum atomic E-state index is 14.9. The van der Waals surface area contributed by atoms with E-state index in [4.69, 9.17) is 9.15 Å². The second-order valence-electron chi connectivity index (χ2n) is 9.94. The first kappa shape index (κ1) is 23.0. The van der Waals surface area contributed by atoms with Crippen LogP contribution in [0.5, 0.6) is 5.75 Å². The Morgan fingerprint density at radius 2 is 2.03 bits per heavy atom. The largest absolute Gasteiger partial charge is 0.504 e. The zero-order valence-electron chi connectivity index (χ0n) is 19.9. The summed E-state index contributed by atoms with van der Waals surface area (Å²) < 4.78 is 26.4. The van der Waals surface area contributed by atoms with Crippen molar-refractivity contribution in [3.63, 3.8) is 0 Å². The molecule has 182 valence electrons. The van der Waals surface area contributed by atoms with Crippen LogP contribution in [0.15, 0.2) is 45.1 Å². The molecular weight excluding hydrogens is 451 g/mol. The van der Waals surface area contributed by atoms with Crippen LogP contribution in [0.25, 0.3) is 22.7 Å². The molecule has 3 aromatic rings. The molecule has 0 spiro atoms. The number of azo groups is 1. The maximum Gasteiger partial charge on any atom is 0.410 e. The van der Waals surface area contributed by atoms with Gasteiger partial charge in [0.25, 0.3) is 0 Å². The number of aromatic hydroxyl groups is 1. The van der Waals surface area contributed by atoms with Gasteiger partial charge in [0.1, 0.15) is 22.7 Å². The number of benzene rings is 1. The summed E-state index contributed by atoms with van der Waals surface area (Å²) in [5.41, 5.74) is 1.45. The summed E-state index contributed by atoms with van der Waals surface area (Å²) >= 11 is 0. The Bertz CT molecular complexity index is 1350. The average Bonchev–Trinajstić information content (AvgIpc) is 3.36. The predicted octanol–water partition coefficient (Wildman–Crippen LogP) is 6.46. The topological polar surface area (TPSA) is 101 Å². The summed E-state index contributed by atoms with van der Waals surface area (Å²) in [5, 5.41) is 19.4. The summed E-state index contributed by atoms with van der Waals surface area (Å²) in [6.45, 7) is 6.63. The molecule has 0 aliphatic carbocycles. The number of fused-ring (bicyclic) bond motifs is 2. The summed E-state index contributed by atoms with van der Waals surface area (Å²) in [5.74, 6) is 0.414. The van der Waals surface area contributed by atoms with E-state index < -0.39 is 5.60 Å². The number of carbonyl (C=O) groups is 1. The van der Waals surface area contributed by atoms with Crippen molar-refractivity contribution in [2.75, 3.05) is 13.1 Å². The highest BCUT2D eigenvalue weighted by molar-refractivity contribution is 5.94. The number of aromatic nitrogens is 1. The zero-order chi connectivity index (χ0) is 24.7. The number of rotatable bonds is 3. The fraction of sp³-hybridized carbons (Fsp3) is 0.385. The van der Waals surface area contributed by atoms with Crippen molar-refractivity contribution in [3.05, 3.63) is 53.2 Å². The molecule has 2 aromatic heterocycles. The van der Waals surface area contributed by atoms with Crippen molar-refractivity contribution in [2.45, 2.75) is 45.6 Å². The molecule has 35 heavy (non-hydrogen) atoms. The molecule has 2 aliphatic rings. The number of ether oxygens (including phenoxy) is 1. The number of pyridine rings is 1. The van der Waals surface area contributed by atoms with Crippen LogP contribution in [0.2, 0.25) is 0 Å². The van der Waals surface area contributed by atoms with Gasteiger partial charge in [-0.3, -0.25) is 0 Å². The summed E-state index contributed by atoms with van der Waals surface area (Å²) in [6, 6.07) is 6.49. The molecule has 5 rings (SSSR count). The van der Waals surface area contributed by atoms with Gasteiger partial charge in [-0.25, -0.2) is 14.2 Å². The van der Waals surface area contributed by atoms with Crippen LogP contribution < -0.4 is 0 Å². The molecule has 4 heterocycles. The molecule has 9 heteroatoms. The van der Waals surface area contributed by atoms with Crippen LogP contribution in [-0.4, -0.2) is 39.8 Å². The van der Waals surface area contributed by atoms with E-state index in [0.29, 0.717) is 47.6 Å². The lowest BCUT2D eigenvalue weighted by atomic mass is 9.89. The normalized spacial score (nSPS) is 17.4. The van der Waals surface area contributed by atoms with E-state index >= 15 is 0 Å². The SMILES string of the molecule is CC(C)(C)OC(=O)N1CCC(Cc2c(F)ccc3c(O)c(C=C4N=Nc5ncccc54)oc23)CC1. The maximum absolute atomic E-state index is 14.9. The molecular formula is C26H27FN4O4. The third-order valence-electron chi connectivity index (χ3n) is 6.25. The van der Waals surface area contributed by atoms with Gasteiger partial charge in [0.05, 0.1) is 5.39 Å². The van der Waals surface area contributed by atoms with Gasteiger partial charge < -0.3 is 19.2 Å². The highest BCUT2D eigenvalue weighted by atomic mass is 19.1. The molecule has 0 bridgehead atoms. The fourth-order valence-electron chi connectivity index (χ4n) is 4.48. The molecule has 0 unspecified atom stereocenters. The van der Waals surface area contributed by atoms with Crippen LogP contribution >= 0.6 is 0 Å². The first-order chi connectivity index (χ1) is 16.7. The van der Waals surface area contributed by atoms with E-state index in [-0.39, 0.29) is 29.3 Å². The fourth-order valence-corrected chi connectivity index (χ4v) is 4.48. The Kier molecular flexibility index (Phi) is 5.78. The number of nitrogens with zero attached hydrogens (tertiary/aromatic N) is 4. The lowest BCUT2D eigenvalue weighted by molar-refractivity contribution is 0.0184. The average molecular weight is 479 g/mol. The van der Waals surface area contributed by atoms with Gasteiger partial charge in [-0.2, -0.15) is 0 Å². The Morgan fingerprint density at radius 1 is 1.26 bits per heavy atom. The second kappa shape index (κ2) is 8.79.